The summed E-state index contributed by atoms with van der Waals surface area (Å²) in [6.45, 7) is 5.95. The van der Waals surface area contributed by atoms with Crippen LogP contribution in [0.3, 0.4) is 0 Å². The average molecular weight is 386 g/mol. The van der Waals surface area contributed by atoms with Crippen LogP contribution in [0.5, 0.6) is 0 Å². The van der Waals surface area contributed by atoms with Crippen LogP contribution in [-0.4, -0.2) is 31.6 Å². The van der Waals surface area contributed by atoms with E-state index in [-0.39, 0.29) is 16.8 Å². The lowest BCUT2D eigenvalue weighted by Gasteiger charge is -2.20. The number of alkyl halides is 2. The number of hydrogen-bond donors (Lipinski definition) is 2. The Hall–Kier alpha value is -3.36. The first-order chi connectivity index (χ1) is 13.2. The monoisotopic (exact) mass is 386 g/mol. The van der Waals surface area contributed by atoms with Gasteiger partial charge < -0.3 is 9.72 Å². The van der Waals surface area contributed by atoms with Crippen molar-refractivity contribution in [2.24, 2.45) is 0 Å². The fraction of sp³-hybridized carbons (Fsp3) is 0.211. The lowest BCUT2D eigenvalue weighted by Crippen LogP contribution is -2.15. The second kappa shape index (κ2) is 6.08. The van der Waals surface area contributed by atoms with Crippen LogP contribution in [-0.2, 0) is 5.92 Å². The zero-order valence-electron chi connectivity index (χ0n) is 15.4. The molecule has 0 unspecified atom stereocenters. The van der Waals surface area contributed by atoms with E-state index in [1.807, 2.05) is 0 Å². The van der Waals surface area contributed by atoms with Crippen molar-refractivity contribution in [3.05, 3.63) is 48.3 Å². The van der Waals surface area contributed by atoms with E-state index in [0.29, 0.717) is 34.9 Å². The van der Waals surface area contributed by atoms with Crippen molar-refractivity contribution in [2.45, 2.75) is 19.8 Å². The summed E-state index contributed by atoms with van der Waals surface area (Å²) in [6.07, 6.45) is 6.07. The number of fused-ring (bicyclic) bond motifs is 2. The molecule has 0 bridgehead atoms. The van der Waals surface area contributed by atoms with E-state index in [1.165, 1.54) is 12.4 Å². The molecule has 2 N–H and O–H groups in total. The number of imidazole rings is 1. The number of benzene rings is 1. The molecule has 0 radical (unpaired) electrons. The van der Waals surface area contributed by atoms with Gasteiger partial charge in [0, 0.05) is 36.7 Å². The second-order valence-corrected chi connectivity index (χ2v) is 6.68. The molecule has 0 atom stereocenters. The summed E-state index contributed by atoms with van der Waals surface area (Å²) in [5, 5.41) is 9.88. The molecule has 3 aromatic heterocycles. The number of allylic oxidation sites excluding steroid dienone is 1. The summed E-state index contributed by atoms with van der Waals surface area (Å²) in [7, 11) is 1.71. The third-order valence-corrected chi connectivity index (χ3v) is 4.57. The average Bonchev–Trinajstić information content (AvgIpc) is 3.24. The van der Waals surface area contributed by atoms with Crippen molar-refractivity contribution < 1.29 is 13.2 Å². The highest BCUT2D eigenvalue weighted by molar-refractivity contribution is 6.01. The molecule has 0 saturated carbocycles. The van der Waals surface area contributed by atoms with E-state index in [1.54, 1.807) is 30.8 Å². The van der Waals surface area contributed by atoms with E-state index in [2.05, 4.69) is 32.1 Å². The molecule has 0 saturated heterocycles. The van der Waals surface area contributed by atoms with Gasteiger partial charge in [-0.15, -0.1) is 0 Å². The number of nitrogens with one attached hydrogen (secondary N) is 2. The topological polar surface area (TPSA) is 70.9 Å². The van der Waals surface area contributed by atoms with E-state index in [0.717, 1.165) is 0 Å². The van der Waals surface area contributed by atoms with E-state index in [4.69, 9.17) is 0 Å². The molecule has 0 aliphatic rings. The summed E-state index contributed by atoms with van der Waals surface area (Å²) >= 11 is 0. The highest BCUT2D eigenvalue weighted by Crippen LogP contribution is 2.44. The van der Waals surface area contributed by atoms with Crippen LogP contribution in [0.2, 0.25) is 0 Å². The summed E-state index contributed by atoms with van der Waals surface area (Å²) in [5.74, 6) is -3.89. The van der Waals surface area contributed by atoms with Crippen LogP contribution >= 0.6 is 0 Å². The molecular weight excluding hydrogens is 369 g/mol. The summed E-state index contributed by atoms with van der Waals surface area (Å²) < 4.78 is 46.1. The van der Waals surface area contributed by atoms with E-state index in [9.17, 15) is 8.78 Å². The third kappa shape index (κ3) is 2.62. The largest absolute Gasteiger partial charge is 0.372 e. The highest BCUT2D eigenvalue weighted by Gasteiger charge is 2.36. The maximum Gasteiger partial charge on any atom is 0.274 e. The predicted octanol–water partition coefficient (Wildman–Crippen LogP) is 4.60. The van der Waals surface area contributed by atoms with Crippen molar-refractivity contribution in [1.82, 2.24) is 24.6 Å². The fourth-order valence-electron chi connectivity index (χ4n) is 3.37. The second-order valence-electron chi connectivity index (χ2n) is 6.68. The SMILES string of the molecule is C=C(C)c1c(F)c(C(C)(F)F)c(-c2cn3cc(NC)nc3cn2)c2cn[nH]c12. The van der Waals surface area contributed by atoms with Gasteiger partial charge >= 0.3 is 0 Å². The Labute approximate surface area is 158 Å². The van der Waals surface area contributed by atoms with Crippen molar-refractivity contribution in [3.8, 4) is 11.3 Å². The van der Waals surface area contributed by atoms with Gasteiger partial charge in [0.1, 0.15) is 11.6 Å². The van der Waals surface area contributed by atoms with Crippen LogP contribution in [0.15, 0.2) is 31.4 Å². The minimum absolute atomic E-state index is 0.00560. The maximum atomic E-state index is 15.3. The van der Waals surface area contributed by atoms with Crippen LogP contribution in [0.25, 0.3) is 33.4 Å². The minimum Gasteiger partial charge on any atom is -0.372 e. The van der Waals surface area contributed by atoms with Crippen LogP contribution in [0, 0.1) is 5.82 Å². The Morgan fingerprint density at radius 1 is 1.29 bits per heavy atom. The number of halogens is 3. The first kappa shape index (κ1) is 18.0. The lowest BCUT2D eigenvalue weighted by atomic mass is 9.90. The van der Waals surface area contributed by atoms with Crippen molar-refractivity contribution in [1.29, 1.82) is 0 Å². The normalized spacial score (nSPS) is 12.1. The maximum absolute atomic E-state index is 15.3. The van der Waals surface area contributed by atoms with Crippen molar-refractivity contribution in [2.75, 3.05) is 12.4 Å². The third-order valence-electron chi connectivity index (χ3n) is 4.57. The molecule has 1 aromatic carbocycles. The molecule has 3 heterocycles. The number of rotatable bonds is 4. The summed E-state index contributed by atoms with van der Waals surface area (Å²) in [6, 6.07) is 0. The molecule has 4 aromatic rings. The first-order valence-electron chi connectivity index (χ1n) is 8.48. The standard InChI is InChI=1S/C19H17F3N6/c1-9(2)14-17(20)16(19(3,21)22)15(10-5-25-27-18(10)14)11-7-28-8-12(23-4)26-13(28)6-24-11/h5-8,23H,1H2,2-4H3,(H,25,27). The molecule has 28 heavy (non-hydrogen) atoms. The van der Waals surface area contributed by atoms with Gasteiger partial charge in [-0.2, -0.15) is 5.10 Å². The van der Waals surface area contributed by atoms with Crippen molar-refractivity contribution >= 4 is 27.9 Å². The van der Waals surface area contributed by atoms with Crippen molar-refractivity contribution in [3.63, 3.8) is 0 Å². The molecular formula is C19H17F3N6. The van der Waals surface area contributed by atoms with Gasteiger partial charge in [0.2, 0.25) is 0 Å². The molecule has 9 heteroatoms. The fourth-order valence-corrected chi connectivity index (χ4v) is 3.37. The summed E-state index contributed by atoms with van der Waals surface area (Å²) in [5.41, 5.74) is 0.578. The zero-order valence-corrected chi connectivity index (χ0v) is 15.4. The van der Waals surface area contributed by atoms with Gasteiger partial charge in [-0.1, -0.05) is 6.58 Å². The first-order valence-corrected chi connectivity index (χ1v) is 8.48. The number of nitrogens with zero attached hydrogens (tertiary/aromatic N) is 4. The van der Waals surface area contributed by atoms with E-state index >= 15 is 4.39 Å². The van der Waals surface area contributed by atoms with Gasteiger partial charge in [0.25, 0.3) is 5.92 Å². The van der Waals surface area contributed by atoms with Gasteiger partial charge in [0.15, 0.2) is 5.65 Å². The Morgan fingerprint density at radius 2 is 2.04 bits per heavy atom. The lowest BCUT2D eigenvalue weighted by molar-refractivity contribution is 0.0145. The van der Waals surface area contributed by atoms with E-state index < -0.39 is 17.3 Å². The zero-order chi connectivity index (χ0) is 20.2. The number of hydrogen-bond acceptors (Lipinski definition) is 4. The van der Waals surface area contributed by atoms with Gasteiger partial charge in [-0.3, -0.25) is 10.1 Å². The molecule has 4 rings (SSSR count). The highest BCUT2D eigenvalue weighted by atomic mass is 19.3. The molecule has 0 spiro atoms. The van der Waals surface area contributed by atoms with Gasteiger partial charge in [0.05, 0.1) is 35.4 Å². The molecule has 6 nitrogen and oxygen atoms in total. The quantitative estimate of drug-likeness (QED) is 0.538. The predicted molar refractivity (Wildman–Crippen MR) is 102 cm³/mol. The van der Waals surface area contributed by atoms with Crippen LogP contribution in [0.1, 0.15) is 25.0 Å². The number of H-pyrrole nitrogens is 1. The van der Waals surface area contributed by atoms with Crippen LogP contribution < -0.4 is 5.32 Å². The molecule has 0 fully saturated rings. The molecule has 144 valence electrons. The van der Waals surface area contributed by atoms with Gasteiger partial charge in [-0.25, -0.2) is 18.2 Å². The van der Waals surface area contributed by atoms with Gasteiger partial charge in [-0.05, 0) is 12.5 Å². The van der Waals surface area contributed by atoms with Crippen LogP contribution in [0.4, 0.5) is 19.0 Å². The Kier molecular flexibility index (Phi) is 3.91. The smallest absolute Gasteiger partial charge is 0.274 e. The number of aromatic nitrogens is 5. The Morgan fingerprint density at radius 3 is 2.68 bits per heavy atom. The number of aromatic amines is 1. The Balaban J connectivity index is 2.13. The summed E-state index contributed by atoms with van der Waals surface area (Å²) in [4.78, 5) is 8.55. The molecule has 0 amide bonds. The number of anilines is 1. The molecule has 0 aliphatic carbocycles. The minimum atomic E-state index is -3.45. The Bertz CT molecular complexity index is 1230. The molecule has 0 aliphatic heterocycles.